The van der Waals surface area contributed by atoms with Crippen molar-refractivity contribution in [3.63, 3.8) is 0 Å². The predicted molar refractivity (Wildman–Crippen MR) is 524 cm³/mol. The second-order valence-corrected chi connectivity index (χ2v) is 32.0. The van der Waals surface area contributed by atoms with Crippen LogP contribution in [0.25, 0.3) is 238 Å². The summed E-state index contributed by atoms with van der Waals surface area (Å²) in [6.07, 6.45) is 0. The second kappa shape index (κ2) is 31.0. The highest BCUT2D eigenvalue weighted by Crippen LogP contribution is 2.46. The van der Waals surface area contributed by atoms with Gasteiger partial charge in [0.2, 0.25) is 0 Å². The highest BCUT2D eigenvalue weighted by atomic mass is 16.3. The van der Waals surface area contributed by atoms with E-state index in [1.54, 1.807) is 0 Å². The Morgan fingerprint density at radius 3 is 0.866 bits per heavy atom. The van der Waals surface area contributed by atoms with Gasteiger partial charge >= 0.3 is 0 Å². The summed E-state index contributed by atoms with van der Waals surface area (Å²) in [7, 11) is 0. The van der Waals surface area contributed by atoms with E-state index in [2.05, 4.69) is 329 Å². The topological polar surface area (TPSA) is 106 Å². The van der Waals surface area contributed by atoms with Gasteiger partial charge in [0, 0.05) is 115 Å². The molecular weight excluding hydrogens is 1550 g/mol. The van der Waals surface area contributed by atoms with E-state index in [4.69, 9.17) is 32.6 Å². The fourth-order valence-corrected chi connectivity index (χ4v) is 18.7. The maximum Gasteiger partial charge on any atom is 0.164 e. The van der Waals surface area contributed by atoms with Gasteiger partial charge in [-0.1, -0.05) is 334 Å². The largest absolute Gasteiger partial charge is 0.456 e. The lowest BCUT2D eigenvalue weighted by Crippen LogP contribution is -2.00. The van der Waals surface area contributed by atoms with Crippen molar-refractivity contribution in [1.82, 2.24) is 28.7 Å². The molecule has 0 unspecified atom stereocenters. The molecule has 10 heteroatoms. The van der Waals surface area contributed by atoms with Crippen molar-refractivity contribution < 1.29 is 17.7 Å². The third-order valence-electron chi connectivity index (χ3n) is 24.5. The minimum Gasteiger partial charge on any atom is -0.456 e. The van der Waals surface area contributed by atoms with Gasteiger partial charge in [0.05, 0.1) is 38.8 Å². The minimum atomic E-state index is 0.622. The standard InChI is InChI=1S/C33H21N3O.2C30H19NO.C24H15NO/c1-4-12-22(13-5-1)27-20-25(21-28-26-18-10-11-19-29(26)37-30(27)28)33-35-31(23-14-6-2-7-15-23)34-32(36-33)24-16-8-3-9-17-24;1-2-10-20(11-3-1)25-18-21(19-26-24-14-6-9-17-29(24)32-30(25)26)31-27-15-7-4-12-22(27)23-13-5-8-16-28(23)31;1-2-10-20(11-3-1)21-18-25-24-14-6-9-17-29(24)32-30(25)28(19-21)31-26-15-7-4-12-22(26)23-13-5-8-16-27(23)31;1-4-10-21-17(7-1)18-8-2-5-11-22(18)25(21)16-13-14-24-20(15-16)19-9-3-6-12-23(19)26-24/h1-21H;2*1-19H;1-15H. The summed E-state index contributed by atoms with van der Waals surface area (Å²) in [6.45, 7) is 0. The molecule has 596 valence electrons. The van der Waals surface area contributed by atoms with Gasteiger partial charge in [0.15, 0.2) is 23.1 Å². The summed E-state index contributed by atoms with van der Waals surface area (Å²) in [5, 5.41) is 16.6. The van der Waals surface area contributed by atoms with Crippen molar-refractivity contribution in [2.24, 2.45) is 0 Å². The van der Waals surface area contributed by atoms with Gasteiger partial charge in [0.1, 0.15) is 39.1 Å². The second-order valence-electron chi connectivity index (χ2n) is 32.0. The lowest BCUT2D eigenvalue weighted by Gasteiger charge is -2.11. The van der Waals surface area contributed by atoms with Crippen LogP contribution in [0.3, 0.4) is 0 Å². The van der Waals surface area contributed by atoms with E-state index in [0.29, 0.717) is 17.5 Å². The highest BCUT2D eigenvalue weighted by Gasteiger charge is 2.24. The van der Waals surface area contributed by atoms with Crippen molar-refractivity contribution in [1.29, 1.82) is 0 Å². The van der Waals surface area contributed by atoms with E-state index < -0.39 is 0 Å². The Labute approximate surface area is 728 Å². The van der Waals surface area contributed by atoms with E-state index in [-0.39, 0.29) is 0 Å². The van der Waals surface area contributed by atoms with Gasteiger partial charge in [-0.15, -0.1) is 0 Å². The predicted octanol–water partition coefficient (Wildman–Crippen LogP) is 31.8. The number of benzene rings is 19. The molecule has 0 aliphatic heterocycles. The Morgan fingerprint density at radius 1 is 0.157 bits per heavy atom. The smallest absolute Gasteiger partial charge is 0.164 e. The first-order valence-corrected chi connectivity index (χ1v) is 42.8. The molecule has 8 aromatic heterocycles. The summed E-state index contributed by atoms with van der Waals surface area (Å²) < 4.78 is 32.3. The molecule has 8 heterocycles. The van der Waals surface area contributed by atoms with Gasteiger partial charge < -0.3 is 31.4 Å². The molecule has 0 saturated heterocycles. The van der Waals surface area contributed by atoms with Gasteiger partial charge in [-0.05, 0) is 138 Å². The zero-order valence-electron chi connectivity index (χ0n) is 68.5. The molecule has 0 N–H and O–H groups in total. The first-order chi connectivity index (χ1) is 63.0. The summed E-state index contributed by atoms with van der Waals surface area (Å²) in [6, 6.07) is 156. The number of aromatic nitrogens is 6. The maximum atomic E-state index is 6.48. The molecule has 0 radical (unpaired) electrons. The molecule has 19 aromatic carbocycles. The number of fused-ring (bicyclic) bond motifs is 21. The molecule has 0 amide bonds. The van der Waals surface area contributed by atoms with Crippen molar-refractivity contribution in [2.45, 2.75) is 0 Å². The van der Waals surface area contributed by atoms with E-state index in [1.165, 1.54) is 76.5 Å². The van der Waals surface area contributed by atoms with Crippen LogP contribution in [0.5, 0.6) is 0 Å². The zero-order chi connectivity index (χ0) is 83.8. The van der Waals surface area contributed by atoms with Crippen LogP contribution in [0.2, 0.25) is 0 Å². The van der Waals surface area contributed by atoms with Gasteiger partial charge in [0.25, 0.3) is 0 Å². The lowest BCUT2D eigenvalue weighted by molar-refractivity contribution is 0.666. The number of hydrogen-bond donors (Lipinski definition) is 0. The lowest BCUT2D eigenvalue weighted by atomic mass is 9.98. The molecule has 0 bridgehead atoms. The van der Waals surface area contributed by atoms with Crippen LogP contribution < -0.4 is 0 Å². The van der Waals surface area contributed by atoms with Crippen LogP contribution in [0.1, 0.15) is 0 Å². The normalized spacial score (nSPS) is 11.6. The van der Waals surface area contributed by atoms with Gasteiger partial charge in [-0.25, -0.2) is 15.0 Å². The fourth-order valence-electron chi connectivity index (χ4n) is 18.7. The van der Waals surface area contributed by atoms with Crippen LogP contribution in [-0.2, 0) is 0 Å². The van der Waals surface area contributed by atoms with Crippen LogP contribution in [0, 0.1) is 0 Å². The average molecular weight is 1630 g/mol. The average Bonchev–Trinajstić information content (AvgIpc) is 1.57. The Hall–Kier alpha value is -17.2. The van der Waals surface area contributed by atoms with Gasteiger partial charge in [-0.2, -0.15) is 0 Å². The molecule has 27 aromatic rings. The monoisotopic (exact) mass is 1630 g/mol. The van der Waals surface area contributed by atoms with E-state index >= 15 is 0 Å². The molecule has 0 spiro atoms. The third kappa shape index (κ3) is 12.9. The van der Waals surface area contributed by atoms with E-state index in [0.717, 1.165) is 144 Å². The SMILES string of the molecule is c1ccc(-c2cc(-n3c4ccccc4c4ccccc43)c3oc4ccccc4c3c2)cc1.c1ccc(-c2cc(-n3c4ccccc4c4ccccc43)cc3c2oc2ccccc23)cc1.c1ccc(-c2nc(-c3ccccc3)nc(-c3cc(-c4ccccc4)c4oc5ccccc5c4c3)n2)cc1.c1ccc2c(c1)oc1ccc(-n3c4ccccc4c4ccccc43)cc12. The summed E-state index contributed by atoms with van der Waals surface area (Å²) in [5.41, 5.74) is 27.4. The highest BCUT2D eigenvalue weighted by molar-refractivity contribution is 6.17. The minimum absolute atomic E-state index is 0.622. The van der Waals surface area contributed by atoms with Crippen LogP contribution >= 0.6 is 0 Å². The molecule has 0 fully saturated rings. The number of rotatable bonds is 9. The molecule has 27 rings (SSSR count). The third-order valence-corrected chi connectivity index (χ3v) is 24.5. The number of nitrogens with zero attached hydrogens (tertiary/aromatic N) is 6. The Bertz CT molecular complexity index is 8680. The van der Waals surface area contributed by atoms with E-state index in [1.807, 2.05) is 133 Å². The Balaban J connectivity index is 0.0000000951. The maximum absolute atomic E-state index is 6.48. The molecule has 10 nitrogen and oxygen atoms in total. The van der Waals surface area contributed by atoms with Crippen molar-refractivity contribution >= 4 is 153 Å². The van der Waals surface area contributed by atoms with Crippen molar-refractivity contribution in [2.75, 3.05) is 0 Å². The van der Waals surface area contributed by atoms with Crippen LogP contribution in [0.4, 0.5) is 0 Å². The molecule has 0 atom stereocenters. The molecule has 0 saturated carbocycles. The first kappa shape index (κ1) is 73.7. The van der Waals surface area contributed by atoms with Crippen LogP contribution in [0.15, 0.2) is 467 Å². The zero-order valence-corrected chi connectivity index (χ0v) is 68.5. The first-order valence-electron chi connectivity index (χ1n) is 42.8. The summed E-state index contributed by atoms with van der Waals surface area (Å²) in [5.74, 6) is 1.91. The van der Waals surface area contributed by atoms with Gasteiger partial charge in [-0.3, -0.25) is 0 Å². The van der Waals surface area contributed by atoms with Crippen LogP contribution in [-0.4, -0.2) is 28.7 Å². The number of para-hydroxylation sites is 10. The van der Waals surface area contributed by atoms with Crippen molar-refractivity contribution in [3.8, 4) is 84.6 Å². The molecule has 0 aliphatic rings. The summed E-state index contributed by atoms with van der Waals surface area (Å²) >= 11 is 0. The quantitative estimate of drug-likeness (QED) is 0.142. The Morgan fingerprint density at radius 2 is 0.441 bits per heavy atom. The van der Waals surface area contributed by atoms with E-state index in [9.17, 15) is 0 Å². The molecule has 0 aliphatic carbocycles. The number of hydrogen-bond acceptors (Lipinski definition) is 7. The fraction of sp³-hybridized carbons (Fsp3) is 0. The molecule has 127 heavy (non-hydrogen) atoms. The van der Waals surface area contributed by atoms with Crippen molar-refractivity contribution in [3.05, 3.63) is 449 Å². The Kier molecular flexibility index (Phi) is 18.0. The molecular formula is C117H74N6O4. The number of furan rings is 4. The summed E-state index contributed by atoms with van der Waals surface area (Å²) in [4.78, 5) is 14.7.